The molecule has 0 aliphatic carbocycles. The number of nitrogens with zero attached hydrogens (tertiary/aromatic N) is 3. The van der Waals surface area contributed by atoms with Gasteiger partial charge >= 0.3 is 0 Å². The van der Waals surface area contributed by atoms with Gasteiger partial charge < -0.3 is 14.6 Å². The molecule has 2 aromatic carbocycles. The highest BCUT2D eigenvalue weighted by Gasteiger charge is 2.33. The molecule has 1 aliphatic heterocycles. The van der Waals surface area contributed by atoms with Gasteiger partial charge in [0, 0.05) is 19.6 Å². The fourth-order valence-corrected chi connectivity index (χ4v) is 4.00. The third-order valence-corrected chi connectivity index (χ3v) is 5.72. The van der Waals surface area contributed by atoms with Gasteiger partial charge in [0.15, 0.2) is 0 Å². The molecular weight excluding hydrogens is 341 g/mol. The molecular formula is C22H26FN3O. The zero-order valence-corrected chi connectivity index (χ0v) is 15.5. The molecule has 1 aromatic heterocycles. The number of aliphatic hydroxyl groups is 1. The first-order chi connectivity index (χ1) is 13.1. The minimum atomic E-state index is -0.820. The van der Waals surface area contributed by atoms with Crippen LogP contribution in [0.1, 0.15) is 31.2 Å². The number of piperidine rings is 1. The van der Waals surface area contributed by atoms with Crippen LogP contribution in [0, 0.1) is 5.82 Å². The monoisotopic (exact) mass is 367 g/mol. The Morgan fingerprint density at radius 1 is 0.963 bits per heavy atom. The van der Waals surface area contributed by atoms with E-state index in [4.69, 9.17) is 0 Å². The highest BCUT2D eigenvalue weighted by molar-refractivity contribution is 5.74. The van der Waals surface area contributed by atoms with Gasteiger partial charge in [-0.05, 0) is 62.1 Å². The van der Waals surface area contributed by atoms with Crippen molar-refractivity contribution in [1.29, 1.82) is 0 Å². The Bertz CT molecular complexity index is 882. The normalized spacial score (nSPS) is 17.4. The molecule has 0 amide bonds. The van der Waals surface area contributed by atoms with Crippen LogP contribution in [-0.4, -0.2) is 39.2 Å². The fraction of sp³-hybridized carbons (Fsp3) is 0.409. The zero-order chi connectivity index (χ0) is 18.7. The Kier molecular flexibility index (Phi) is 5.23. The summed E-state index contributed by atoms with van der Waals surface area (Å²) in [5.41, 5.74) is 2.25. The van der Waals surface area contributed by atoms with E-state index in [1.165, 1.54) is 17.6 Å². The Hall–Kier alpha value is -2.24. The van der Waals surface area contributed by atoms with Crippen molar-refractivity contribution in [3.8, 4) is 0 Å². The molecule has 1 N–H and O–H groups in total. The molecule has 5 heteroatoms. The first-order valence-corrected chi connectivity index (χ1v) is 9.75. The van der Waals surface area contributed by atoms with E-state index in [1.54, 1.807) is 12.1 Å². The number of para-hydroxylation sites is 2. The maximum absolute atomic E-state index is 13.1. The van der Waals surface area contributed by atoms with E-state index in [0.717, 1.165) is 50.1 Å². The molecule has 0 bridgehead atoms. The molecule has 0 spiro atoms. The second-order valence-electron chi connectivity index (χ2n) is 7.51. The Morgan fingerprint density at radius 2 is 1.67 bits per heavy atom. The molecule has 4 nitrogen and oxygen atoms in total. The van der Waals surface area contributed by atoms with Crippen molar-refractivity contribution in [3.05, 3.63) is 66.2 Å². The fourth-order valence-electron chi connectivity index (χ4n) is 4.00. The molecule has 0 saturated carbocycles. The summed E-state index contributed by atoms with van der Waals surface area (Å²) < 4.78 is 15.3. The number of likely N-dealkylation sites (tertiary alicyclic amines) is 1. The second kappa shape index (κ2) is 7.79. The second-order valence-corrected chi connectivity index (χ2v) is 7.51. The van der Waals surface area contributed by atoms with Crippen LogP contribution in [0.25, 0.3) is 11.0 Å². The van der Waals surface area contributed by atoms with Crippen molar-refractivity contribution in [2.75, 3.05) is 19.6 Å². The molecule has 0 atom stereocenters. The summed E-state index contributed by atoms with van der Waals surface area (Å²) in [4.78, 5) is 6.86. The molecule has 142 valence electrons. The van der Waals surface area contributed by atoms with Gasteiger partial charge in [-0.3, -0.25) is 0 Å². The van der Waals surface area contributed by atoms with E-state index in [1.807, 2.05) is 18.5 Å². The van der Waals surface area contributed by atoms with Crippen LogP contribution >= 0.6 is 0 Å². The number of fused-ring (bicyclic) bond motifs is 1. The number of halogens is 1. The quantitative estimate of drug-likeness (QED) is 0.671. The van der Waals surface area contributed by atoms with Crippen molar-refractivity contribution >= 4 is 11.0 Å². The highest BCUT2D eigenvalue weighted by atomic mass is 19.1. The zero-order valence-electron chi connectivity index (χ0n) is 15.5. The van der Waals surface area contributed by atoms with E-state index in [0.29, 0.717) is 12.8 Å². The lowest BCUT2D eigenvalue weighted by molar-refractivity contribution is -0.0261. The van der Waals surface area contributed by atoms with Crippen LogP contribution in [0.2, 0.25) is 0 Å². The minimum absolute atomic E-state index is 0.259. The van der Waals surface area contributed by atoms with Crippen LogP contribution in [0.3, 0.4) is 0 Å². The van der Waals surface area contributed by atoms with E-state index in [9.17, 15) is 9.50 Å². The summed E-state index contributed by atoms with van der Waals surface area (Å²) in [6, 6.07) is 14.5. The average Bonchev–Trinajstić information content (AvgIpc) is 3.10. The predicted molar refractivity (Wildman–Crippen MR) is 105 cm³/mol. The number of benzene rings is 2. The van der Waals surface area contributed by atoms with E-state index < -0.39 is 5.60 Å². The number of imidazole rings is 1. The van der Waals surface area contributed by atoms with Crippen molar-refractivity contribution in [2.24, 2.45) is 0 Å². The average molecular weight is 367 g/mol. The number of unbranched alkanes of at least 4 members (excludes halogenated alkanes) is 1. The van der Waals surface area contributed by atoms with E-state index in [-0.39, 0.29) is 5.82 Å². The predicted octanol–water partition coefficient (Wildman–Crippen LogP) is 3.94. The first-order valence-electron chi connectivity index (χ1n) is 9.75. The Labute approximate surface area is 159 Å². The van der Waals surface area contributed by atoms with Gasteiger partial charge in [0.2, 0.25) is 0 Å². The molecule has 1 aliphatic rings. The van der Waals surface area contributed by atoms with Crippen LogP contribution in [0.5, 0.6) is 0 Å². The number of hydrogen-bond donors (Lipinski definition) is 1. The van der Waals surface area contributed by atoms with Crippen molar-refractivity contribution in [3.63, 3.8) is 0 Å². The topological polar surface area (TPSA) is 41.3 Å². The maximum Gasteiger partial charge on any atom is 0.123 e. The van der Waals surface area contributed by atoms with Crippen LogP contribution in [-0.2, 0) is 12.1 Å². The van der Waals surface area contributed by atoms with Crippen LogP contribution in [0.15, 0.2) is 54.9 Å². The van der Waals surface area contributed by atoms with Gasteiger partial charge in [0.1, 0.15) is 5.82 Å². The third kappa shape index (κ3) is 4.04. The number of hydrogen-bond acceptors (Lipinski definition) is 3. The minimum Gasteiger partial charge on any atom is -0.385 e. The SMILES string of the molecule is OC1(c2ccc(F)cc2)CCN(CCCCn2cnc3ccccc32)CC1. The Morgan fingerprint density at radius 3 is 2.44 bits per heavy atom. The molecule has 2 heterocycles. The summed E-state index contributed by atoms with van der Waals surface area (Å²) in [6.45, 7) is 3.78. The number of rotatable bonds is 6. The summed E-state index contributed by atoms with van der Waals surface area (Å²) in [6.07, 6.45) is 5.56. The molecule has 0 unspecified atom stereocenters. The van der Waals surface area contributed by atoms with Gasteiger partial charge in [0.25, 0.3) is 0 Å². The lowest BCUT2D eigenvalue weighted by atomic mass is 9.84. The molecule has 1 saturated heterocycles. The van der Waals surface area contributed by atoms with Crippen molar-refractivity contribution in [1.82, 2.24) is 14.5 Å². The summed E-state index contributed by atoms with van der Waals surface area (Å²) in [7, 11) is 0. The number of aryl methyl sites for hydroxylation is 1. The van der Waals surface area contributed by atoms with Gasteiger partial charge in [-0.25, -0.2) is 9.37 Å². The van der Waals surface area contributed by atoms with Crippen LogP contribution < -0.4 is 0 Å². The smallest absolute Gasteiger partial charge is 0.123 e. The van der Waals surface area contributed by atoms with Gasteiger partial charge in [-0.15, -0.1) is 0 Å². The summed E-state index contributed by atoms with van der Waals surface area (Å²) in [5, 5.41) is 10.9. The lowest BCUT2D eigenvalue weighted by Gasteiger charge is -2.38. The highest BCUT2D eigenvalue weighted by Crippen LogP contribution is 2.32. The molecule has 0 radical (unpaired) electrons. The Balaban J connectivity index is 1.23. The van der Waals surface area contributed by atoms with Crippen LogP contribution in [0.4, 0.5) is 4.39 Å². The van der Waals surface area contributed by atoms with Gasteiger partial charge in [0.05, 0.1) is 23.0 Å². The lowest BCUT2D eigenvalue weighted by Crippen LogP contribution is -2.42. The molecule has 3 aromatic rings. The summed E-state index contributed by atoms with van der Waals surface area (Å²) in [5.74, 6) is -0.259. The maximum atomic E-state index is 13.1. The van der Waals surface area contributed by atoms with Gasteiger partial charge in [-0.2, -0.15) is 0 Å². The standard InChI is InChI=1S/C22H26FN3O/c23-19-9-7-18(8-10-19)22(27)11-15-25(16-12-22)13-3-4-14-26-17-24-20-5-1-2-6-21(20)26/h1-2,5-10,17,27H,3-4,11-16H2. The van der Waals surface area contributed by atoms with Crippen molar-refractivity contribution in [2.45, 2.75) is 37.8 Å². The molecule has 4 rings (SSSR count). The summed E-state index contributed by atoms with van der Waals surface area (Å²) >= 11 is 0. The van der Waals surface area contributed by atoms with Crippen molar-refractivity contribution < 1.29 is 9.50 Å². The first kappa shape index (κ1) is 18.1. The van der Waals surface area contributed by atoms with E-state index in [2.05, 4.69) is 26.6 Å². The molecule has 1 fully saturated rings. The number of aromatic nitrogens is 2. The molecule has 27 heavy (non-hydrogen) atoms. The third-order valence-electron chi connectivity index (χ3n) is 5.72. The van der Waals surface area contributed by atoms with E-state index >= 15 is 0 Å². The largest absolute Gasteiger partial charge is 0.385 e. The van der Waals surface area contributed by atoms with Gasteiger partial charge in [-0.1, -0.05) is 24.3 Å².